The van der Waals surface area contributed by atoms with Crippen molar-refractivity contribution in [3.63, 3.8) is 0 Å². The van der Waals surface area contributed by atoms with E-state index >= 15 is 0 Å². The fourth-order valence-corrected chi connectivity index (χ4v) is 4.75. The summed E-state index contributed by atoms with van der Waals surface area (Å²) in [6.07, 6.45) is 1.29. The number of carbonyl (C=O) groups excluding carboxylic acids is 2. The van der Waals surface area contributed by atoms with Crippen LogP contribution >= 0.6 is 0 Å². The molecule has 9 nitrogen and oxygen atoms in total. The maximum atomic E-state index is 13.6. The van der Waals surface area contributed by atoms with Crippen LogP contribution in [0.3, 0.4) is 0 Å². The van der Waals surface area contributed by atoms with Gasteiger partial charge in [-0.3, -0.25) is 9.69 Å². The molecule has 3 amide bonds. The molecule has 0 atom stereocenters. The third-order valence-electron chi connectivity index (χ3n) is 7.13. The molecule has 46 heavy (non-hydrogen) atoms. The Bertz CT molecular complexity index is 1590. The van der Waals surface area contributed by atoms with Crippen molar-refractivity contribution in [2.75, 3.05) is 16.8 Å². The van der Waals surface area contributed by atoms with Crippen molar-refractivity contribution in [3.05, 3.63) is 95.1 Å². The molecule has 0 spiro atoms. The number of aliphatic hydroxyl groups is 1. The van der Waals surface area contributed by atoms with Crippen LogP contribution in [0.15, 0.2) is 72.8 Å². The molecule has 14 heteroatoms. The number of rotatable bonds is 11. The fourth-order valence-electron chi connectivity index (χ4n) is 4.75. The van der Waals surface area contributed by atoms with Gasteiger partial charge in [0.05, 0.1) is 19.7 Å². The highest BCUT2D eigenvalue weighted by Crippen LogP contribution is 2.31. The first-order valence-corrected chi connectivity index (χ1v) is 14.1. The van der Waals surface area contributed by atoms with Gasteiger partial charge in [0.2, 0.25) is 0 Å². The molecular formula is C32H30F5N3O6. The molecule has 0 saturated heterocycles. The van der Waals surface area contributed by atoms with Gasteiger partial charge < -0.3 is 25.6 Å². The SMILES string of the molecule is O=C(NCC(F)(F)C(=O)O)c1ccc(CN(C(=O)Nc2ccc(OC(F)(F)F)c(CO)c2)c2ccc(C3=CCCCC3)cc2)cc1. The van der Waals surface area contributed by atoms with Crippen molar-refractivity contribution < 1.29 is 51.3 Å². The molecule has 1 aliphatic carbocycles. The molecule has 1 aliphatic rings. The first-order valence-electron chi connectivity index (χ1n) is 14.1. The van der Waals surface area contributed by atoms with Gasteiger partial charge in [-0.1, -0.05) is 30.3 Å². The number of nitrogens with one attached hydrogen (secondary N) is 2. The van der Waals surface area contributed by atoms with E-state index in [1.807, 2.05) is 17.4 Å². The van der Waals surface area contributed by atoms with Gasteiger partial charge in [-0.05, 0) is 84.8 Å². The Hall–Kier alpha value is -4.98. The molecule has 0 radical (unpaired) electrons. The molecule has 4 rings (SSSR count). The molecule has 0 fully saturated rings. The van der Waals surface area contributed by atoms with Crippen molar-refractivity contribution in [2.45, 2.75) is 51.1 Å². The topological polar surface area (TPSA) is 128 Å². The number of carboxylic acid groups (broad SMARTS) is 1. The molecule has 0 aliphatic heterocycles. The molecular weight excluding hydrogens is 617 g/mol. The molecule has 0 saturated carbocycles. The summed E-state index contributed by atoms with van der Waals surface area (Å²) >= 11 is 0. The van der Waals surface area contributed by atoms with E-state index in [4.69, 9.17) is 5.11 Å². The zero-order valence-electron chi connectivity index (χ0n) is 24.2. The Labute approximate surface area is 260 Å². The van der Waals surface area contributed by atoms with Crippen molar-refractivity contribution >= 4 is 34.9 Å². The minimum Gasteiger partial charge on any atom is -0.477 e. The maximum Gasteiger partial charge on any atom is 0.573 e. The number of benzene rings is 3. The van der Waals surface area contributed by atoms with Crippen LogP contribution in [0.25, 0.3) is 5.57 Å². The smallest absolute Gasteiger partial charge is 0.477 e. The number of hydrogen-bond acceptors (Lipinski definition) is 5. The van der Waals surface area contributed by atoms with E-state index in [0.717, 1.165) is 43.4 Å². The number of anilines is 2. The Morgan fingerprint density at radius 2 is 1.61 bits per heavy atom. The summed E-state index contributed by atoms with van der Waals surface area (Å²) in [5, 5.41) is 22.6. The van der Waals surface area contributed by atoms with E-state index in [-0.39, 0.29) is 23.4 Å². The quantitative estimate of drug-likeness (QED) is 0.171. The summed E-state index contributed by atoms with van der Waals surface area (Å²) in [6.45, 7) is -2.23. The van der Waals surface area contributed by atoms with Crippen molar-refractivity contribution in [1.82, 2.24) is 5.32 Å². The maximum absolute atomic E-state index is 13.6. The molecule has 3 aromatic rings. The average molecular weight is 648 g/mol. The van der Waals surface area contributed by atoms with Crippen LogP contribution in [-0.4, -0.2) is 47.0 Å². The number of amides is 3. The summed E-state index contributed by atoms with van der Waals surface area (Å²) < 4.78 is 68.9. The highest BCUT2D eigenvalue weighted by Gasteiger charge is 2.39. The summed E-state index contributed by atoms with van der Waals surface area (Å²) in [5.41, 5.74) is 3.04. The second kappa shape index (κ2) is 14.4. The van der Waals surface area contributed by atoms with Gasteiger partial charge >= 0.3 is 24.3 Å². The fraction of sp³-hybridized carbons (Fsp3) is 0.281. The van der Waals surface area contributed by atoms with Crippen LogP contribution in [0, 0.1) is 0 Å². The number of allylic oxidation sites excluding steroid dienone is 2. The second-order valence-corrected chi connectivity index (χ2v) is 10.5. The molecule has 4 N–H and O–H groups in total. The molecule has 0 heterocycles. The Morgan fingerprint density at radius 1 is 0.913 bits per heavy atom. The standard InChI is InChI=1S/C32H30F5N3O6/c33-31(34,29(43)44)19-38-28(42)23-8-6-20(7-9-23)17-40(26-13-10-22(11-14-26)21-4-2-1-3-5-21)30(45)39-25-12-15-27(24(16-25)18-41)46-32(35,36)37/h4,6-16,41H,1-3,5,17-19H2,(H,38,42)(H,39,45)(H,43,44). The van der Waals surface area contributed by atoms with Crippen LogP contribution in [0.4, 0.5) is 38.1 Å². The van der Waals surface area contributed by atoms with Crippen molar-refractivity contribution in [3.8, 4) is 5.75 Å². The van der Waals surface area contributed by atoms with Crippen LogP contribution in [0.5, 0.6) is 5.75 Å². The Kier molecular flexibility index (Phi) is 10.6. The van der Waals surface area contributed by atoms with Gasteiger partial charge in [-0.15, -0.1) is 13.2 Å². The van der Waals surface area contributed by atoms with Gasteiger partial charge in [0.1, 0.15) is 5.75 Å². The summed E-state index contributed by atoms with van der Waals surface area (Å²) in [5.74, 6) is -8.06. The number of aliphatic hydroxyl groups excluding tert-OH is 1. The number of carbonyl (C=O) groups is 3. The van der Waals surface area contributed by atoms with E-state index in [2.05, 4.69) is 16.1 Å². The molecule has 244 valence electrons. The minimum absolute atomic E-state index is 0.0243. The predicted molar refractivity (Wildman–Crippen MR) is 158 cm³/mol. The Balaban J connectivity index is 1.56. The van der Waals surface area contributed by atoms with E-state index in [1.165, 1.54) is 40.8 Å². The Morgan fingerprint density at radius 3 is 2.20 bits per heavy atom. The second-order valence-electron chi connectivity index (χ2n) is 10.5. The third-order valence-corrected chi connectivity index (χ3v) is 7.13. The van der Waals surface area contributed by atoms with Crippen LogP contribution in [-0.2, 0) is 17.9 Å². The molecule has 3 aromatic carbocycles. The number of hydrogen-bond donors (Lipinski definition) is 4. The molecule has 0 aromatic heterocycles. The van der Waals surface area contributed by atoms with Gasteiger partial charge in [-0.2, -0.15) is 8.78 Å². The zero-order valence-corrected chi connectivity index (χ0v) is 24.2. The molecule has 0 unspecified atom stereocenters. The largest absolute Gasteiger partial charge is 0.573 e. The average Bonchev–Trinajstić information content (AvgIpc) is 3.03. The highest BCUT2D eigenvalue weighted by molar-refractivity contribution is 6.02. The highest BCUT2D eigenvalue weighted by atomic mass is 19.4. The van der Waals surface area contributed by atoms with Gasteiger partial charge in [-0.25, -0.2) is 9.59 Å². The van der Waals surface area contributed by atoms with Gasteiger partial charge in [0, 0.05) is 22.5 Å². The van der Waals surface area contributed by atoms with E-state index in [1.54, 1.807) is 12.1 Å². The predicted octanol–water partition coefficient (Wildman–Crippen LogP) is 6.72. The van der Waals surface area contributed by atoms with Gasteiger partial charge in [0.15, 0.2) is 0 Å². The van der Waals surface area contributed by atoms with Crippen molar-refractivity contribution in [2.24, 2.45) is 0 Å². The number of urea groups is 1. The number of carboxylic acids is 1. The lowest BCUT2D eigenvalue weighted by Crippen LogP contribution is -2.42. The van der Waals surface area contributed by atoms with Crippen molar-refractivity contribution in [1.29, 1.82) is 0 Å². The summed E-state index contributed by atoms with van der Waals surface area (Å²) in [4.78, 5) is 37.8. The van der Waals surface area contributed by atoms with Crippen LogP contribution in [0.1, 0.15) is 52.7 Å². The summed E-state index contributed by atoms with van der Waals surface area (Å²) in [6, 6.07) is 15.5. The monoisotopic (exact) mass is 647 g/mol. The van der Waals surface area contributed by atoms with Gasteiger partial charge in [0.25, 0.3) is 5.91 Å². The first-order chi connectivity index (χ1) is 21.8. The lowest BCUT2D eigenvalue weighted by molar-refractivity contribution is -0.275. The van der Waals surface area contributed by atoms with Crippen LogP contribution in [0.2, 0.25) is 0 Å². The molecule has 0 bridgehead atoms. The lowest BCUT2D eigenvalue weighted by atomic mass is 9.93. The lowest BCUT2D eigenvalue weighted by Gasteiger charge is -2.24. The van der Waals surface area contributed by atoms with E-state index in [9.17, 15) is 41.4 Å². The number of halogens is 5. The number of ether oxygens (including phenoxy) is 1. The van der Waals surface area contributed by atoms with Crippen LogP contribution < -0.4 is 20.3 Å². The third kappa shape index (κ3) is 9.03. The van der Waals surface area contributed by atoms with E-state index < -0.39 is 49.1 Å². The number of aliphatic carboxylic acids is 1. The minimum atomic E-state index is -4.98. The van der Waals surface area contributed by atoms with E-state index in [0.29, 0.717) is 11.3 Å². The first kappa shape index (κ1) is 33.9. The normalized spacial score (nSPS) is 13.4. The number of nitrogens with zero attached hydrogens (tertiary/aromatic N) is 1. The summed E-state index contributed by atoms with van der Waals surface area (Å²) in [7, 11) is 0. The number of alkyl halides is 5. The zero-order chi connectivity index (χ0) is 33.5.